The number of ether oxygens (including phenoxy) is 1. The van der Waals surface area contributed by atoms with E-state index in [0.29, 0.717) is 22.6 Å². The van der Waals surface area contributed by atoms with Crippen LogP contribution in [-0.2, 0) is 0 Å². The van der Waals surface area contributed by atoms with Gasteiger partial charge in [0, 0.05) is 29.4 Å². The van der Waals surface area contributed by atoms with E-state index < -0.39 is 0 Å². The van der Waals surface area contributed by atoms with E-state index in [2.05, 4.69) is 10.3 Å². The number of benzene rings is 1. The van der Waals surface area contributed by atoms with Gasteiger partial charge < -0.3 is 10.1 Å². The second-order valence-corrected chi connectivity index (χ2v) is 6.30. The first-order valence-electron chi connectivity index (χ1n) is 8.62. The Morgan fingerprint density at radius 2 is 1.76 bits per heavy atom. The van der Waals surface area contributed by atoms with Crippen molar-refractivity contribution in [2.45, 2.75) is 32.1 Å². The zero-order chi connectivity index (χ0) is 17.6. The van der Waals surface area contributed by atoms with E-state index in [1.165, 1.54) is 6.42 Å². The van der Waals surface area contributed by atoms with Gasteiger partial charge in [0.05, 0.1) is 12.8 Å². The number of amides is 1. The summed E-state index contributed by atoms with van der Waals surface area (Å²) in [5.41, 5.74) is 1.63. The van der Waals surface area contributed by atoms with Gasteiger partial charge in [0.1, 0.15) is 5.75 Å². The van der Waals surface area contributed by atoms with Crippen LogP contribution in [0.1, 0.15) is 52.8 Å². The van der Waals surface area contributed by atoms with Crippen LogP contribution in [0.15, 0.2) is 42.7 Å². The van der Waals surface area contributed by atoms with Crippen molar-refractivity contribution in [2.75, 3.05) is 12.4 Å². The highest BCUT2D eigenvalue weighted by molar-refractivity contribution is 6.06. The number of rotatable bonds is 5. The molecule has 0 bridgehead atoms. The number of nitrogens with one attached hydrogen (secondary N) is 1. The quantitative estimate of drug-likeness (QED) is 0.833. The number of ketones is 1. The van der Waals surface area contributed by atoms with E-state index in [1.807, 2.05) is 0 Å². The maximum atomic E-state index is 12.7. The summed E-state index contributed by atoms with van der Waals surface area (Å²) in [5.74, 6) is 0.512. The third-order valence-corrected chi connectivity index (χ3v) is 4.65. The van der Waals surface area contributed by atoms with Crippen LogP contribution in [-0.4, -0.2) is 23.8 Å². The van der Waals surface area contributed by atoms with E-state index in [-0.39, 0.29) is 17.6 Å². The molecule has 0 aliphatic heterocycles. The molecule has 0 saturated heterocycles. The van der Waals surface area contributed by atoms with Gasteiger partial charge in [-0.3, -0.25) is 14.6 Å². The minimum absolute atomic E-state index is 0.0888. The number of hydrogen-bond donors (Lipinski definition) is 1. The minimum atomic E-state index is -0.261. The number of hydrogen-bond acceptors (Lipinski definition) is 4. The fourth-order valence-electron chi connectivity index (χ4n) is 3.26. The van der Waals surface area contributed by atoms with Crippen molar-refractivity contribution in [2.24, 2.45) is 5.92 Å². The Morgan fingerprint density at radius 3 is 2.44 bits per heavy atom. The van der Waals surface area contributed by atoms with Crippen LogP contribution in [0.2, 0.25) is 0 Å². The predicted molar refractivity (Wildman–Crippen MR) is 96.1 cm³/mol. The lowest BCUT2D eigenvalue weighted by Gasteiger charge is -2.21. The molecule has 2 aromatic rings. The average Bonchev–Trinajstić information content (AvgIpc) is 2.68. The smallest absolute Gasteiger partial charge is 0.255 e. The average molecular weight is 338 g/mol. The van der Waals surface area contributed by atoms with Crippen LogP contribution >= 0.6 is 0 Å². The molecule has 25 heavy (non-hydrogen) atoms. The highest BCUT2D eigenvalue weighted by Crippen LogP contribution is 2.31. The lowest BCUT2D eigenvalue weighted by Crippen LogP contribution is -2.18. The molecule has 1 heterocycles. The summed E-state index contributed by atoms with van der Waals surface area (Å²) < 4.78 is 5.32. The van der Waals surface area contributed by atoms with Crippen LogP contribution in [0.4, 0.5) is 5.69 Å². The fraction of sp³-hybridized carbons (Fsp3) is 0.350. The van der Waals surface area contributed by atoms with Crippen LogP contribution in [0.5, 0.6) is 5.75 Å². The molecule has 1 aromatic heterocycles. The molecule has 130 valence electrons. The first kappa shape index (κ1) is 17.1. The van der Waals surface area contributed by atoms with Crippen molar-refractivity contribution in [3.05, 3.63) is 53.9 Å². The van der Waals surface area contributed by atoms with Gasteiger partial charge in [0.25, 0.3) is 5.91 Å². The molecule has 1 aliphatic carbocycles. The summed E-state index contributed by atoms with van der Waals surface area (Å²) in [6.45, 7) is 0. The molecule has 3 rings (SSSR count). The van der Waals surface area contributed by atoms with Crippen LogP contribution < -0.4 is 10.1 Å². The number of nitrogens with zero attached hydrogens (tertiary/aromatic N) is 1. The van der Waals surface area contributed by atoms with Gasteiger partial charge in [-0.2, -0.15) is 0 Å². The number of methoxy groups -OCH3 is 1. The molecule has 1 N–H and O–H groups in total. The van der Waals surface area contributed by atoms with Crippen molar-refractivity contribution in [1.29, 1.82) is 0 Å². The summed E-state index contributed by atoms with van der Waals surface area (Å²) in [6.07, 6.45) is 8.45. The second-order valence-electron chi connectivity index (χ2n) is 6.30. The van der Waals surface area contributed by atoms with Crippen LogP contribution in [0.3, 0.4) is 0 Å². The molecule has 0 spiro atoms. The van der Waals surface area contributed by atoms with E-state index >= 15 is 0 Å². The normalized spacial score (nSPS) is 14.8. The monoisotopic (exact) mass is 338 g/mol. The molecule has 0 radical (unpaired) electrons. The van der Waals surface area contributed by atoms with Gasteiger partial charge in [0.15, 0.2) is 5.78 Å². The largest absolute Gasteiger partial charge is 0.495 e. The van der Waals surface area contributed by atoms with E-state index in [1.54, 1.807) is 49.8 Å². The maximum absolute atomic E-state index is 12.7. The molecule has 1 aromatic carbocycles. The number of carbonyl (C=O) groups is 2. The Bertz CT molecular complexity index is 753. The van der Waals surface area contributed by atoms with Crippen molar-refractivity contribution in [3.8, 4) is 5.75 Å². The fourth-order valence-corrected chi connectivity index (χ4v) is 3.26. The van der Waals surface area contributed by atoms with Crippen molar-refractivity contribution >= 4 is 17.4 Å². The molecular formula is C20H22N2O3. The highest BCUT2D eigenvalue weighted by atomic mass is 16.5. The predicted octanol–water partition coefficient (Wildman–Crippen LogP) is 4.11. The van der Waals surface area contributed by atoms with Gasteiger partial charge in [-0.1, -0.05) is 19.3 Å². The first-order chi connectivity index (χ1) is 12.2. The van der Waals surface area contributed by atoms with Crippen molar-refractivity contribution in [1.82, 2.24) is 4.98 Å². The van der Waals surface area contributed by atoms with Gasteiger partial charge in [-0.05, 0) is 43.2 Å². The highest BCUT2D eigenvalue weighted by Gasteiger charge is 2.23. The first-order valence-corrected chi connectivity index (χ1v) is 8.62. The molecule has 1 fully saturated rings. The molecule has 0 unspecified atom stereocenters. The molecule has 5 heteroatoms. The zero-order valence-corrected chi connectivity index (χ0v) is 14.3. The topological polar surface area (TPSA) is 68.3 Å². The Balaban J connectivity index is 1.82. The second kappa shape index (κ2) is 7.92. The van der Waals surface area contributed by atoms with Gasteiger partial charge in [-0.25, -0.2) is 0 Å². The van der Waals surface area contributed by atoms with Crippen molar-refractivity contribution in [3.63, 3.8) is 0 Å². The zero-order valence-electron chi connectivity index (χ0n) is 14.3. The molecule has 5 nitrogen and oxygen atoms in total. The number of carbonyl (C=O) groups excluding carboxylic acids is 2. The Kier molecular flexibility index (Phi) is 5.43. The van der Waals surface area contributed by atoms with Crippen molar-refractivity contribution < 1.29 is 14.3 Å². The summed E-state index contributed by atoms with van der Waals surface area (Å²) in [7, 11) is 1.54. The van der Waals surface area contributed by atoms with Gasteiger partial charge in [-0.15, -0.1) is 0 Å². The summed E-state index contributed by atoms with van der Waals surface area (Å²) in [5, 5.41) is 2.83. The Hall–Kier alpha value is -2.69. The van der Waals surface area contributed by atoms with Gasteiger partial charge >= 0.3 is 0 Å². The Morgan fingerprint density at radius 1 is 1.04 bits per heavy atom. The van der Waals surface area contributed by atoms with E-state index in [9.17, 15) is 9.59 Å². The number of Topliss-reactive ketones (excluding diaryl/α,β-unsaturated/α-hetero) is 1. The summed E-state index contributed by atoms with van der Waals surface area (Å²) in [6, 6.07) is 8.50. The van der Waals surface area contributed by atoms with Gasteiger partial charge in [0.2, 0.25) is 0 Å². The third kappa shape index (κ3) is 4.05. The molecule has 0 atom stereocenters. The van der Waals surface area contributed by atoms with E-state index in [4.69, 9.17) is 4.74 Å². The lowest BCUT2D eigenvalue weighted by molar-refractivity contribution is 0.0889. The SMILES string of the molecule is COc1ccc(C(=O)C2CCCCC2)cc1NC(=O)c1ccncc1. The molecule has 1 saturated carbocycles. The summed E-state index contributed by atoms with van der Waals surface area (Å²) in [4.78, 5) is 29.0. The number of aromatic nitrogens is 1. The molecule has 1 amide bonds. The lowest BCUT2D eigenvalue weighted by atomic mass is 9.84. The molecule has 1 aliphatic rings. The standard InChI is InChI=1S/C20H22N2O3/c1-25-18-8-7-16(19(23)14-5-3-2-4-6-14)13-17(18)22-20(24)15-9-11-21-12-10-15/h7-14H,2-6H2,1H3,(H,22,24). The molecular weight excluding hydrogens is 316 g/mol. The Labute approximate surface area is 147 Å². The summed E-state index contributed by atoms with van der Waals surface area (Å²) >= 11 is 0. The number of anilines is 1. The number of pyridine rings is 1. The van der Waals surface area contributed by atoms with E-state index in [0.717, 1.165) is 25.7 Å². The minimum Gasteiger partial charge on any atom is -0.495 e. The van der Waals surface area contributed by atoms with Crippen LogP contribution in [0, 0.1) is 5.92 Å². The maximum Gasteiger partial charge on any atom is 0.255 e. The van der Waals surface area contributed by atoms with Crippen LogP contribution in [0.25, 0.3) is 0 Å². The third-order valence-electron chi connectivity index (χ3n) is 4.65.